The van der Waals surface area contributed by atoms with Crippen molar-refractivity contribution in [2.75, 3.05) is 32.9 Å². The minimum absolute atomic E-state index is 0.253. The molecular weight excluding hydrogens is 304 g/mol. The third-order valence-electron chi connectivity index (χ3n) is 4.05. The van der Waals surface area contributed by atoms with E-state index in [4.69, 9.17) is 14.2 Å². The van der Waals surface area contributed by atoms with Gasteiger partial charge in [0.15, 0.2) is 17.7 Å². The van der Waals surface area contributed by atoms with E-state index in [0.29, 0.717) is 19.8 Å². The summed E-state index contributed by atoms with van der Waals surface area (Å²) in [7, 11) is 0. The number of rotatable bonds is 6. The molecule has 128 valence electrons. The summed E-state index contributed by atoms with van der Waals surface area (Å²) in [5, 5.41) is 0. The number of nitrogens with zero attached hydrogens (tertiary/aromatic N) is 2. The fraction of sp³-hybridized carbons (Fsp3) is 0.421. The summed E-state index contributed by atoms with van der Waals surface area (Å²) in [6, 6.07) is 11.8. The van der Waals surface area contributed by atoms with E-state index in [-0.39, 0.29) is 6.23 Å². The van der Waals surface area contributed by atoms with Crippen molar-refractivity contribution in [3.05, 3.63) is 53.9 Å². The van der Waals surface area contributed by atoms with Crippen LogP contribution in [0.25, 0.3) is 0 Å². The van der Waals surface area contributed by atoms with Crippen molar-refractivity contribution in [2.24, 2.45) is 0 Å². The molecule has 2 heterocycles. The molecule has 0 amide bonds. The topological polar surface area (TPSA) is 43.8 Å². The van der Waals surface area contributed by atoms with Gasteiger partial charge < -0.3 is 14.2 Å². The van der Waals surface area contributed by atoms with Gasteiger partial charge >= 0.3 is 0 Å². The second-order valence-electron chi connectivity index (χ2n) is 5.70. The van der Waals surface area contributed by atoms with Gasteiger partial charge in [0.1, 0.15) is 0 Å². The molecule has 24 heavy (non-hydrogen) atoms. The molecule has 3 rings (SSSR count). The van der Waals surface area contributed by atoms with Crippen molar-refractivity contribution in [1.82, 2.24) is 9.88 Å². The van der Waals surface area contributed by atoms with Gasteiger partial charge in [0.2, 0.25) is 0 Å². The highest BCUT2D eigenvalue weighted by atomic mass is 16.5. The van der Waals surface area contributed by atoms with E-state index in [1.807, 2.05) is 43.5 Å². The summed E-state index contributed by atoms with van der Waals surface area (Å²) in [5.41, 5.74) is 2.05. The number of morpholine rings is 1. The van der Waals surface area contributed by atoms with Crippen LogP contribution in [0.4, 0.5) is 0 Å². The first-order valence-electron chi connectivity index (χ1n) is 8.41. The summed E-state index contributed by atoms with van der Waals surface area (Å²) in [6.07, 6.45) is 1.56. The van der Waals surface area contributed by atoms with Crippen LogP contribution in [0.1, 0.15) is 24.4 Å². The van der Waals surface area contributed by atoms with Crippen LogP contribution in [-0.2, 0) is 4.74 Å². The largest absolute Gasteiger partial charge is 0.490 e. The predicted octanol–water partition coefficient (Wildman–Crippen LogP) is 3.20. The van der Waals surface area contributed by atoms with Gasteiger partial charge in [-0.3, -0.25) is 9.88 Å². The zero-order chi connectivity index (χ0) is 16.8. The molecule has 0 radical (unpaired) electrons. The number of aromatic nitrogens is 1. The first-order chi connectivity index (χ1) is 11.8. The number of benzene rings is 1. The molecule has 0 aliphatic carbocycles. The van der Waals surface area contributed by atoms with Crippen molar-refractivity contribution in [2.45, 2.75) is 20.1 Å². The molecule has 1 aliphatic rings. The molecule has 1 fully saturated rings. The van der Waals surface area contributed by atoms with Gasteiger partial charge in [-0.2, -0.15) is 0 Å². The van der Waals surface area contributed by atoms with Gasteiger partial charge in [-0.25, -0.2) is 0 Å². The summed E-state index contributed by atoms with van der Waals surface area (Å²) < 4.78 is 17.6. The molecule has 2 aromatic rings. The molecule has 0 N–H and O–H groups in total. The van der Waals surface area contributed by atoms with Crippen molar-refractivity contribution < 1.29 is 14.2 Å². The lowest BCUT2D eigenvalue weighted by Crippen LogP contribution is -2.41. The molecule has 0 saturated carbocycles. The van der Waals surface area contributed by atoms with Crippen molar-refractivity contribution in [3.63, 3.8) is 0 Å². The zero-order valence-corrected chi connectivity index (χ0v) is 14.3. The molecule has 0 spiro atoms. The van der Waals surface area contributed by atoms with E-state index in [9.17, 15) is 0 Å². The molecule has 1 aromatic heterocycles. The van der Waals surface area contributed by atoms with Crippen LogP contribution in [0.2, 0.25) is 0 Å². The number of hydrogen-bond acceptors (Lipinski definition) is 5. The van der Waals surface area contributed by atoms with Gasteiger partial charge in [0, 0.05) is 19.3 Å². The fourth-order valence-electron chi connectivity index (χ4n) is 2.81. The molecule has 5 nitrogen and oxygen atoms in total. The third-order valence-corrected chi connectivity index (χ3v) is 4.05. The van der Waals surface area contributed by atoms with Crippen LogP contribution in [0.3, 0.4) is 0 Å². The lowest BCUT2D eigenvalue weighted by molar-refractivity contribution is -0.0503. The highest BCUT2D eigenvalue weighted by Crippen LogP contribution is 2.33. The van der Waals surface area contributed by atoms with E-state index < -0.39 is 0 Å². The smallest absolute Gasteiger partial charge is 0.196 e. The Balaban J connectivity index is 1.92. The van der Waals surface area contributed by atoms with E-state index in [1.54, 1.807) is 0 Å². The zero-order valence-electron chi connectivity index (χ0n) is 14.3. The van der Waals surface area contributed by atoms with Gasteiger partial charge in [-0.05, 0) is 37.6 Å². The average Bonchev–Trinajstić information content (AvgIpc) is 2.63. The van der Waals surface area contributed by atoms with E-state index in [0.717, 1.165) is 35.8 Å². The Morgan fingerprint density at radius 2 is 1.88 bits per heavy atom. The quantitative estimate of drug-likeness (QED) is 0.815. The molecule has 0 bridgehead atoms. The Morgan fingerprint density at radius 1 is 1.12 bits per heavy atom. The number of aryl methyl sites for hydroxylation is 1. The lowest BCUT2D eigenvalue weighted by Gasteiger charge is -2.34. The van der Waals surface area contributed by atoms with Crippen LogP contribution in [0.5, 0.6) is 11.5 Å². The second kappa shape index (κ2) is 8.13. The summed E-state index contributed by atoms with van der Waals surface area (Å²) >= 11 is 0. The van der Waals surface area contributed by atoms with Crippen LogP contribution in [0.15, 0.2) is 42.6 Å². The number of para-hydroxylation sites is 2. The number of ether oxygens (including phenoxy) is 3. The lowest BCUT2D eigenvalue weighted by atomic mass is 10.1. The maximum absolute atomic E-state index is 6.39. The maximum Gasteiger partial charge on any atom is 0.196 e. The molecule has 1 atom stereocenters. The Hall–Kier alpha value is -2.11. The van der Waals surface area contributed by atoms with Crippen LogP contribution in [0, 0.1) is 6.92 Å². The van der Waals surface area contributed by atoms with Crippen molar-refractivity contribution in [3.8, 4) is 11.5 Å². The van der Waals surface area contributed by atoms with E-state index >= 15 is 0 Å². The van der Waals surface area contributed by atoms with Gasteiger partial charge in [-0.15, -0.1) is 0 Å². The first kappa shape index (κ1) is 16.7. The Bertz CT molecular complexity index is 657. The highest BCUT2D eigenvalue weighted by Gasteiger charge is 2.27. The maximum atomic E-state index is 6.39. The first-order valence-corrected chi connectivity index (χ1v) is 8.41. The van der Waals surface area contributed by atoms with Crippen LogP contribution >= 0.6 is 0 Å². The molecule has 5 heteroatoms. The Morgan fingerprint density at radius 3 is 2.58 bits per heavy atom. The molecule has 1 aliphatic heterocycles. The number of pyridine rings is 1. The Kier molecular flexibility index (Phi) is 5.67. The molecule has 1 aromatic carbocycles. The van der Waals surface area contributed by atoms with Crippen molar-refractivity contribution >= 4 is 0 Å². The van der Waals surface area contributed by atoms with E-state index in [2.05, 4.69) is 22.9 Å². The van der Waals surface area contributed by atoms with Crippen molar-refractivity contribution in [1.29, 1.82) is 0 Å². The highest BCUT2D eigenvalue weighted by molar-refractivity contribution is 5.40. The minimum atomic E-state index is -0.253. The van der Waals surface area contributed by atoms with Crippen LogP contribution < -0.4 is 9.47 Å². The monoisotopic (exact) mass is 328 g/mol. The van der Waals surface area contributed by atoms with Gasteiger partial charge in [-0.1, -0.05) is 18.2 Å². The standard InChI is InChI=1S/C19H24N2O3/c1-3-23-16-8-4-5-9-17(16)24-19(21-11-13-22-14-12-21)18-15(2)7-6-10-20-18/h4-10,19H,3,11-14H2,1-2H3/t19-/m0/s1. The van der Waals surface area contributed by atoms with E-state index in [1.165, 1.54) is 0 Å². The van der Waals surface area contributed by atoms with Gasteiger partial charge in [0.05, 0.1) is 25.5 Å². The molecule has 1 saturated heterocycles. The Labute approximate surface area is 143 Å². The summed E-state index contributed by atoms with van der Waals surface area (Å²) in [5.74, 6) is 1.49. The SMILES string of the molecule is CCOc1ccccc1O[C@@H](c1ncccc1C)N1CCOCC1. The summed E-state index contributed by atoms with van der Waals surface area (Å²) in [6.45, 7) is 7.69. The van der Waals surface area contributed by atoms with Gasteiger partial charge in [0.25, 0.3) is 0 Å². The number of hydrogen-bond donors (Lipinski definition) is 0. The minimum Gasteiger partial charge on any atom is -0.490 e. The predicted molar refractivity (Wildman–Crippen MR) is 92.3 cm³/mol. The summed E-state index contributed by atoms with van der Waals surface area (Å²) in [4.78, 5) is 6.84. The average molecular weight is 328 g/mol. The molecule has 0 unspecified atom stereocenters. The normalized spacial score (nSPS) is 16.6. The second-order valence-corrected chi connectivity index (χ2v) is 5.70. The molecular formula is C19H24N2O3. The van der Waals surface area contributed by atoms with Crippen LogP contribution in [-0.4, -0.2) is 42.8 Å². The third kappa shape index (κ3) is 3.86. The fourth-order valence-corrected chi connectivity index (χ4v) is 2.81.